The summed E-state index contributed by atoms with van der Waals surface area (Å²) in [6, 6.07) is 6.41. The van der Waals surface area contributed by atoms with Gasteiger partial charge in [-0.2, -0.15) is 0 Å². The third kappa shape index (κ3) is 2.11. The highest BCUT2D eigenvalue weighted by Gasteiger charge is 2.11. The summed E-state index contributed by atoms with van der Waals surface area (Å²) in [6.07, 6.45) is 1.86. The molecule has 3 heteroatoms. The molecule has 1 unspecified atom stereocenters. The maximum Gasteiger partial charge on any atom is 0.139 e. The number of rotatable bonds is 2. The Morgan fingerprint density at radius 1 is 1.24 bits per heavy atom. The van der Waals surface area contributed by atoms with Crippen molar-refractivity contribution in [3.8, 4) is 11.4 Å². The fourth-order valence-corrected chi connectivity index (χ4v) is 1.99. The molecule has 0 spiro atoms. The lowest BCUT2D eigenvalue weighted by Crippen LogP contribution is -2.10. The van der Waals surface area contributed by atoms with E-state index in [-0.39, 0.29) is 6.04 Å². The molecule has 3 nitrogen and oxygen atoms in total. The monoisotopic (exact) mass is 229 g/mol. The SMILES string of the molecule is Cc1ccc(-c2ncc(C(C)N)n2C)cc1C. The van der Waals surface area contributed by atoms with E-state index in [9.17, 15) is 0 Å². The molecule has 1 atom stereocenters. The number of aromatic nitrogens is 2. The molecule has 0 amide bonds. The van der Waals surface area contributed by atoms with Crippen molar-refractivity contribution in [1.82, 2.24) is 9.55 Å². The van der Waals surface area contributed by atoms with Crippen molar-refractivity contribution in [2.24, 2.45) is 12.8 Å². The average Bonchev–Trinajstić information content (AvgIpc) is 2.64. The van der Waals surface area contributed by atoms with Gasteiger partial charge >= 0.3 is 0 Å². The highest BCUT2D eigenvalue weighted by atomic mass is 15.1. The molecule has 0 aliphatic carbocycles. The van der Waals surface area contributed by atoms with Crippen molar-refractivity contribution >= 4 is 0 Å². The molecular formula is C14H19N3. The van der Waals surface area contributed by atoms with E-state index in [1.165, 1.54) is 11.1 Å². The molecule has 0 aliphatic rings. The zero-order valence-corrected chi connectivity index (χ0v) is 10.9. The summed E-state index contributed by atoms with van der Waals surface area (Å²) in [4.78, 5) is 4.46. The predicted molar refractivity (Wildman–Crippen MR) is 70.7 cm³/mol. The van der Waals surface area contributed by atoms with Crippen LogP contribution in [0.25, 0.3) is 11.4 Å². The molecule has 0 bridgehead atoms. The zero-order valence-electron chi connectivity index (χ0n) is 10.9. The van der Waals surface area contributed by atoms with Crippen molar-refractivity contribution in [1.29, 1.82) is 0 Å². The molecule has 0 fully saturated rings. The van der Waals surface area contributed by atoms with Gasteiger partial charge in [-0.1, -0.05) is 12.1 Å². The van der Waals surface area contributed by atoms with Crippen LogP contribution in [0.4, 0.5) is 0 Å². The van der Waals surface area contributed by atoms with Gasteiger partial charge in [0.25, 0.3) is 0 Å². The molecule has 0 radical (unpaired) electrons. The number of imidazole rings is 1. The standard InChI is InChI=1S/C14H19N3/c1-9-5-6-12(7-10(9)2)14-16-8-13(11(3)15)17(14)4/h5-8,11H,15H2,1-4H3. The number of hydrogen-bond acceptors (Lipinski definition) is 2. The van der Waals surface area contributed by atoms with Crippen LogP contribution in [0.2, 0.25) is 0 Å². The second-order valence-corrected chi connectivity index (χ2v) is 4.65. The van der Waals surface area contributed by atoms with Crippen LogP contribution in [-0.2, 0) is 7.05 Å². The van der Waals surface area contributed by atoms with E-state index < -0.39 is 0 Å². The topological polar surface area (TPSA) is 43.8 Å². The molecule has 2 rings (SSSR count). The highest BCUT2D eigenvalue weighted by Crippen LogP contribution is 2.23. The van der Waals surface area contributed by atoms with Crippen molar-refractivity contribution < 1.29 is 0 Å². The van der Waals surface area contributed by atoms with Crippen LogP contribution in [0, 0.1) is 13.8 Å². The maximum atomic E-state index is 5.90. The van der Waals surface area contributed by atoms with Gasteiger partial charge in [0.15, 0.2) is 0 Å². The molecule has 1 aromatic heterocycles. The van der Waals surface area contributed by atoms with Crippen molar-refractivity contribution in [3.05, 3.63) is 41.2 Å². The molecule has 0 saturated heterocycles. The maximum absolute atomic E-state index is 5.90. The van der Waals surface area contributed by atoms with Crippen molar-refractivity contribution in [2.75, 3.05) is 0 Å². The third-order valence-corrected chi connectivity index (χ3v) is 3.26. The van der Waals surface area contributed by atoms with Crippen molar-refractivity contribution in [3.63, 3.8) is 0 Å². The lowest BCUT2D eigenvalue weighted by atomic mass is 10.1. The summed E-state index contributed by atoms with van der Waals surface area (Å²) in [7, 11) is 2.01. The Hall–Kier alpha value is -1.61. The fourth-order valence-electron chi connectivity index (χ4n) is 1.99. The Kier molecular flexibility index (Phi) is 3.03. The molecule has 17 heavy (non-hydrogen) atoms. The molecule has 0 saturated carbocycles. The molecule has 2 aromatic rings. The quantitative estimate of drug-likeness (QED) is 0.860. The van der Waals surface area contributed by atoms with Crippen molar-refractivity contribution in [2.45, 2.75) is 26.8 Å². The van der Waals surface area contributed by atoms with Gasteiger partial charge in [-0.15, -0.1) is 0 Å². The molecule has 90 valence electrons. The van der Waals surface area contributed by atoms with Gasteiger partial charge in [-0.3, -0.25) is 0 Å². The van der Waals surface area contributed by atoms with E-state index >= 15 is 0 Å². The van der Waals surface area contributed by atoms with Gasteiger partial charge in [0.1, 0.15) is 5.82 Å². The zero-order chi connectivity index (χ0) is 12.6. The van der Waals surface area contributed by atoms with E-state index in [1.54, 1.807) is 0 Å². The Morgan fingerprint density at radius 2 is 1.94 bits per heavy atom. The summed E-state index contributed by atoms with van der Waals surface area (Å²) in [5.41, 5.74) is 10.7. The summed E-state index contributed by atoms with van der Waals surface area (Å²) in [6.45, 7) is 6.21. The minimum atomic E-state index is 0.00722. The number of benzene rings is 1. The van der Waals surface area contributed by atoms with Gasteiger partial charge in [0, 0.05) is 18.7 Å². The molecular weight excluding hydrogens is 210 g/mol. The lowest BCUT2D eigenvalue weighted by molar-refractivity contribution is 0.718. The van der Waals surface area contributed by atoms with Gasteiger partial charge in [0.2, 0.25) is 0 Å². The Balaban J connectivity index is 2.50. The minimum absolute atomic E-state index is 0.00722. The number of aryl methyl sites for hydroxylation is 2. The van der Waals surface area contributed by atoms with E-state index in [0.717, 1.165) is 17.1 Å². The fraction of sp³-hybridized carbons (Fsp3) is 0.357. The van der Waals surface area contributed by atoms with Gasteiger partial charge in [-0.25, -0.2) is 4.98 Å². The first-order chi connectivity index (χ1) is 8.00. The van der Waals surface area contributed by atoms with Crippen LogP contribution in [0.15, 0.2) is 24.4 Å². The van der Waals surface area contributed by atoms with Gasteiger partial charge in [0.05, 0.1) is 11.9 Å². The van der Waals surface area contributed by atoms with Crippen LogP contribution in [0.1, 0.15) is 29.8 Å². The second-order valence-electron chi connectivity index (χ2n) is 4.65. The first kappa shape index (κ1) is 11.9. The third-order valence-electron chi connectivity index (χ3n) is 3.26. The largest absolute Gasteiger partial charge is 0.330 e. The van der Waals surface area contributed by atoms with E-state index in [1.807, 2.05) is 20.2 Å². The van der Waals surface area contributed by atoms with Crippen LogP contribution in [0.5, 0.6) is 0 Å². The first-order valence-corrected chi connectivity index (χ1v) is 5.85. The Morgan fingerprint density at radius 3 is 2.47 bits per heavy atom. The lowest BCUT2D eigenvalue weighted by Gasteiger charge is -2.09. The summed E-state index contributed by atoms with van der Waals surface area (Å²) < 4.78 is 2.06. The van der Waals surface area contributed by atoms with Crippen LogP contribution in [0.3, 0.4) is 0 Å². The summed E-state index contributed by atoms with van der Waals surface area (Å²) in [5.74, 6) is 0.973. The summed E-state index contributed by atoms with van der Waals surface area (Å²) >= 11 is 0. The first-order valence-electron chi connectivity index (χ1n) is 5.85. The molecule has 1 heterocycles. The van der Waals surface area contributed by atoms with Gasteiger partial charge < -0.3 is 10.3 Å². The number of nitrogens with zero attached hydrogens (tertiary/aromatic N) is 2. The van der Waals surface area contributed by atoms with E-state index in [4.69, 9.17) is 5.73 Å². The summed E-state index contributed by atoms with van der Waals surface area (Å²) in [5, 5.41) is 0. The minimum Gasteiger partial charge on any atom is -0.330 e. The van der Waals surface area contributed by atoms with E-state index in [2.05, 4.69) is 41.6 Å². The Bertz CT molecular complexity index is 538. The van der Waals surface area contributed by atoms with Crippen LogP contribution < -0.4 is 5.73 Å². The van der Waals surface area contributed by atoms with E-state index in [0.29, 0.717) is 0 Å². The highest BCUT2D eigenvalue weighted by molar-refractivity contribution is 5.58. The Labute approximate surface area is 102 Å². The molecule has 0 aliphatic heterocycles. The average molecular weight is 229 g/mol. The molecule has 2 N–H and O–H groups in total. The van der Waals surface area contributed by atoms with Crippen LogP contribution >= 0.6 is 0 Å². The second kappa shape index (κ2) is 4.34. The van der Waals surface area contributed by atoms with Gasteiger partial charge in [-0.05, 0) is 38.0 Å². The molecule has 1 aromatic carbocycles. The normalized spacial score (nSPS) is 12.8. The number of hydrogen-bond donors (Lipinski definition) is 1. The smallest absolute Gasteiger partial charge is 0.139 e. The predicted octanol–water partition coefficient (Wildman–Crippen LogP) is 2.72. The number of nitrogens with two attached hydrogens (primary N) is 1. The van der Waals surface area contributed by atoms with Crippen LogP contribution in [-0.4, -0.2) is 9.55 Å².